The highest BCUT2D eigenvalue weighted by Crippen LogP contribution is 1.95. The van der Waals surface area contributed by atoms with Gasteiger partial charge in [-0.3, -0.25) is 9.78 Å². The van der Waals surface area contributed by atoms with Crippen molar-refractivity contribution in [1.29, 1.82) is 0 Å². The zero-order chi connectivity index (χ0) is 9.52. The van der Waals surface area contributed by atoms with Crippen molar-refractivity contribution in [2.45, 2.75) is 6.42 Å². The molecule has 0 spiro atoms. The Morgan fingerprint density at radius 2 is 2.38 bits per heavy atom. The van der Waals surface area contributed by atoms with Crippen LogP contribution in [0.4, 0.5) is 0 Å². The SMILES string of the molecule is NCCC#Cc1ccc(C=O)nc1. The first-order chi connectivity index (χ1) is 6.36. The second kappa shape index (κ2) is 5.07. The van der Waals surface area contributed by atoms with Crippen molar-refractivity contribution in [3.63, 3.8) is 0 Å². The lowest BCUT2D eigenvalue weighted by Gasteiger charge is -1.89. The molecule has 0 saturated carbocycles. The standard InChI is InChI=1S/C10H10N2O/c11-6-2-1-3-9-4-5-10(8-13)12-7-9/h4-5,7-8H,2,6,11H2. The van der Waals surface area contributed by atoms with Gasteiger partial charge in [-0.15, -0.1) is 0 Å². The van der Waals surface area contributed by atoms with Crippen LogP contribution in [0.2, 0.25) is 0 Å². The van der Waals surface area contributed by atoms with Gasteiger partial charge in [0.05, 0.1) is 0 Å². The summed E-state index contributed by atoms with van der Waals surface area (Å²) in [4.78, 5) is 14.1. The minimum atomic E-state index is 0.421. The summed E-state index contributed by atoms with van der Waals surface area (Å²) in [5, 5.41) is 0. The molecule has 1 aromatic rings. The van der Waals surface area contributed by atoms with Crippen LogP contribution in [0.15, 0.2) is 18.3 Å². The highest BCUT2D eigenvalue weighted by atomic mass is 16.1. The highest BCUT2D eigenvalue weighted by molar-refractivity contribution is 5.71. The molecule has 0 aliphatic rings. The molecule has 0 atom stereocenters. The van der Waals surface area contributed by atoms with Crippen LogP contribution in [-0.2, 0) is 0 Å². The van der Waals surface area contributed by atoms with Crippen molar-refractivity contribution in [2.24, 2.45) is 5.73 Å². The fourth-order valence-electron chi connectivity index (χ4n) is 0.786. The van der Waals surface area contributed by atoms with Crippen LogP contribution in [0, 0.1) is 11.8 Å². The third-order valence-corrected chi connectivity index (χ3v) is 1.41. The average molecular weight is 174 g/mol. The summed E-state index contributed by atoms with van der Waals surface area (Å²) >= 11 is 0. The monoisotopic (exact) mass is 174 g/mol. The van der Waals surface area contributed by atoms with Gasteiger partial charge >= 0.3 is 0 Å². The zero-order valence-electron chi connectivity index (χ0n) is 7.16. The molecule has 0 amide bonds. The maximum Gasteiger partial charge on any atom is 0.168 e. The molecule has 1 heterocycles. The number of pyridine rings is 1. The van der Waals surface area contributed by atoms with Gasteiger partial charge in [-0.05, 0) is 12.1 Å². The molecular formula is C10H10N2O. The predicted octanol–water partition coefficient (Wildman–Crippen LogP) is 0.594. The first-order valence-electron chi connectivity index (χ1n) is 3.97. The van der Waals surface area contributed by atoms with Gasteiger partial charge in [0, 0.05) is 24.7 Å². The molecular weight excluding hydrogens is 164 g/mol. The molecule has 0 aromatic carbocycles. The summed E-state index contributed by atoms with van der Waals surface area (Å²) in [6.45, 7) is 0.562. The van der Waals surface area contributed by atoms with E-state index in [9.17, 15) is 4.79 Å². The van der Waals surface area contributed by atoms with Crippen molar-refractivity contribution in [3.05, 3.63) is 29.6 Å². The Bertz CT molecular complexity index is 332. The number of rotatable bonds is 2. The van der Waals surface area contributed by atoms with Crippen molar-refractivity contribution in [1.82, 2.24) is 4.98 Å². The Kier molecular flexibility index (Phi) is 3.68. The van der Waals surface area contributed by atoms with E-state index >= 15 is 0 Å². The fourth-order valence-corrected chi connectivity index (χ4v) is 0.786. The number of hydrogen-bond donors (Lipinski definition) is 1. The summed E-state index contributed by atoms with van der Waals surface area (Å²) in [5.74, 6) is 5.77. The Hall–Kier alpha value is -1.66. The van der Waals surface area contributed by atoms with Gasteiger partial charge < -0.3 is 5.73 Å². The molecule has 3 heteroatoms. The van der Waals surface area contributed by atoms with Crippen molar-refractivity contribution >= 4 is 6.29 Å². The molecule has 0 unspecified atom stereocenters. The van der Waals surface area contributed by atoms with Crippen molar-refractivity contribution in [3.8, 4) is 11.8 Å². The zero-order valence-corrected chi connectivity index (χ0v) is 7.16. The van der Waals surface area contributed by atoms with Crippen LogP contribution < -0.4 is 5.73 Å². The number of aldehydes is 1. The molecule has 1 rings (SSSR count). The largest absolute Gasteiger partial charge is 0.330 e. The molecule has 0 saturated heterocycles. The van der Waals surface area contributed by atoms with E-state index in [1.165, 1.54) is 0 Å². The Labute approximate surface area is 77.0 Å². The quantitative estimate of drug-likeness (QED) is 0.527. The van der Waals surface area contributed by atoms with E-state index in [1.807, 2.05) is 0 Å². The van der Waals surface area contributed by atoms with Crippen LogP contribution >= 0.6 is 0 Å². The molecule has 66 valence electrons. The molecule has 0 radical (unpaired) electrons. The van der Waals surface area contributed by atoms with Gasteiger partial charge in [-0.25, -0.2) is 0 Å². The van der Waals surface area contributed by atoms with Gasteiger partial charge in [0.25, 0.3) is 0 Å². The third-order valence-electron chi connectivity index (χ3n) is 1.41. The molecule has 0 bridgehead atoms. The van der Waals surface area contributed by atoms with Gasteiger partial charge in [0.1, 0.15) is 5.69 Å². The Morgan fingerprint density at radius 1 is 1.54 bits per heavy atom. The van der Waals surface area contributed by atoms with Crippen LogP contribution in [0.25, 0.3) is 0 Å². The van der Waals surface area contributed by atoms with Gasteiger partial charge in [-0.1, -0.05) is 11.8 Å². The number of carbonyl (C=O) groups is 1. The van der Waals surface area contributed by atoms with E-state index in [4.69, 9.17) is 5.73 Å². The number of nitrogens with two attached hydrogens (primary N) is 1. The number of nitrogens with zero attached hydrogens (tertiary/aromatic N) is 1. The lowest BCUT2D eigenvalue weighted by molar-refractivity contribution is 0.111. The Balaban J connectivity index is 2.71. The van der Waals surface area contributed by atoms with Crippen molar-refractivity contribution in [2.75, 3.05) is 6.54 Å². The lowest BCUT2D eigenvalue weighted by atomic mass is 10.2. The maximum atomic E-state index is 10.3. The number of aromatic nitrogens is 1. The minimum absolute atomic E-state index is 0.421. The summed E-state index contributed by atoms with van der Waals surface area (Å²) in [7, 11) is 0. The smallest absolute Gasteiger partial charge is 0.168 e. The molecule has 0 aliphatic heterocycles. The number of hydrogen-bond acceptors (Lipinski definition) is 3. The summed E-state index contributed by atoms with van der Waals surface area (Å²) in [6, 6.07) is 3.40. The lowest BCUT2D eigenvalue weighted by Crippen LogP contribution is -1.95. The fraction of sp³-hybridized carbons (Fsp3) is 0.200. The molecule has 0 fully saturated rings. The predicted molar refractivity (Wildman–Crippen MR) is 50.2 cm³/mol. The molecule has 13 heavy (non-hydrogen) atoms. The minimum Gasteiger partial charge on any atom is -0.330 e. The molecule has 2 N–H and O–H groups in total. The van der Waals surface area contributed by atoms with Crippen LogP contribution in [0.3, 0.4) is 0 Å². The van der Waals surface area contributed by atoms with Gasteiger partial charge in [-0.2, -0.15) is 0 Å². The van der Waals surface area contributed by atoms with Crippen LogP contribution in [0.1, 0.15) is 22.5 Å². The molecule has 3 nitrogen and oxygen atoms in total. The average Bonchev–Trinajstić information content (AvgIpc) is 2.19. The first kappa shape index (κ1) is 9.43. The van der Waals surface area contributed by atoms with E-state index in [1.54, 1.807) is 18.3 Å². The van der Waals surface area contributed by atoms with E-state index < -0.39 is 0 Å². The van der Waals surface area contributed by atoms with E-state index in [0.29, 0.717) is 24.9 Å². The second-order valence-electron chi connectivity index (χ2n) is 2.43. The first-order valence-corrected chi connectivity index (χ1v) is 3.97. The normalized spacial score (nSPS) is 8.69. The number of carbonyl (C=O) groups excluding carboxylic acids is 1. The summed E-state index contributed by atoms with van der Waals surface area (Å²) in [6.07, 6.45) is 2.96. The van der Waals surface area contributed by atoms with Gasteiger partial charge in [0.2, 0.25) is 0 Å². The second-order valence-corrected chi connectivity index (χ2v) is 2.43. The van der Waals surface area contributed by atoms with Crippen LogP contribution in [0.5, 0.6) is 0 Å². The summed E-state index contributed by atoms with van der Waals surface area (Å²) < 4.78 is 0. The van der Waals surface area contributed by atoms with E-state index in [0.717, 1.165) is 5.56 Å². The Morgan fingerprint density at radius 3 is 2.92 bits per heavy atom. The highest BCUT2D eigenvalue weighted by Gasteiger charge is 1.89. The topological polar surface area (TPSA) is 56.0 Å². The van der Waals surface area contributed by atoms with Gasteiger partial charge in [0.15, 0.2) is 6.29 Å². The summed E-state index contributed by atoms with van der Waals surface area (Å²) in [5.41, 5.74) is 6.50. The third kappa shape index (κ3) is 3.06. The van der Waals surface area contributed by atoms with E-state index in [-0.39, 0.29) is 0 Å². The maximum absolute atomic E-state index is 10.3. The molecule has 0 aliphatic carbocycles. The molecule has 1 aromatic heterocycles. The van der Waals surface area contributed by atoms with Crippen LogP contribution in [-0.4, -0.2) is 17.8 Å². The van der Waals surface area contributed by atoms with E-state index in [2.05, 4.69) is 16.8 Å². The van der Waals surface area contributed by atoms with Crippen molar-refractivity contribution < 1.29 is 4.79 Å².